The first-order valence-corrected chi connectivity index (χ1v) is 9.96. The molecule has 1 fully saturated rings. The highest BCUT2D eigenvalue weighted by Gasteiger charge is 2.35. The average molecular weight is 397 g/mol. The molecule has 0 saturated carbocycles. The molecule has 0 aliphatic carbocycles. The second-order valence-electron chi connectivity index (χ2n) is 6.70. The molecular formula is C22H23NO4S. The van der Waals surface area contributed by atoms with Gasteiger partial charge >= 0.3 is 0 Å². The van der Waals surface area contributed by atoms with E-state index in [1.807, 2.05) is 69.3 Å². The number of rotatable bonds is 7. The van der Waals surface area contributed by atoms with E-state index in [1.165, 1.54) is 4.90 Å². The van der Waals surface area contributed by atoms with Gasteiger partial charge in [0.2, 0.25) is 0 Å². The van der Waals surface area contributed by atoms with Crippen LogP contribution in [0.2, 0.25) is 0 Å². The first-order valence-electron chi connectivity index (χ1n) is 9.14. The van der Waals surface area contributed by atoms with Crippen LogP contribution in [-0.4, -0.2) is 35.3 Å². The first-order chi connectivity index (χ1) is 13.4. The molecule has 0 aromatic heterocycles. The molecule has 146 valence electrons. The fourth-order valence-corrected chi connectivity index (χ4v) is 3.61. The van der Waals surface area contributed by atoms with Crippen molar-refractivity contribution in [1.82, 2.24) is 4.90 Å². The molecule has 3 rings (SSSR count). The monoisotopic (exact) mass is 397 g/mol. The van der Waals surface area contributed by atoms with E-state index >= 15 is 0 Å². The second-order valence-corrected chi connectivity index (χ2v) is 7.70. The zero-order valence-corrected chi connectivity index (χ0v) is 17.0. The minimum absolute atomic E-state index is 0.0170. The van der Waals surface area contributed by atoms with Crippen LogP contribution in [0.5, 0.6) is 11.5 Å². The van der Waals surface area contributed by atoms with E-state index < -0.39 is 0 Å². The highest BCUT2D eigenvalue weighted by Crippen LogP contribution is 2.34. The fourth-order valence-electron chi connectivity index (χ4n) is 2.75. The van der Waals surface area contributed by atoms with Crippen molar-refractivity contribution in [3.05, 3.63) is 64.6 Å². The Labute approximate surface area is 169 Å². The number of amides is 2. The maximum absolute atomic E-state index is 12.7. The van der Waals surface area contributed by atoms with Crippen LogP contribution in [0, 0.1) is 6.92 Å². The molecule has 1 heterocycles. The van der Waals surface area contributed by atoms with Crippen LogP contribution >= 0.6 is 11.8 Å². The summed E-state index contributed by atoms with van der Waals surface area (Å²) in [6.07, 6.45) is 1.73. The Morgan fingerprint density at radius 2 is 1.89 bits per heavy atom. The first kappa shape index (κ1) is 20.0. The van der Waals surface area contributed by atoms with E-state index in [0.717, 1.165) is 28.6 Å². The van der Waals surface area contributed by atoms with Crippen LogP contribution in [0.1, 0.15) is 25.0 Å². The van der Waals surface area contributed by atoms with Crippen molar-refractivity contribution in [2.24, 2.45) is 0 Å². The number of para-hydroxylation sites is 1. The summed E-state index contributed by atoms with van der Waals surface area (Å²) in [5, 5.41) is -0.286. The zero-order chi connectivity index (χ0) is 20.1. The van der Waals surface area contributed by atoms with E-state index in [-0.39, 0.29) is 30.4 Å². The molecule has 1 saturated heterocycles. The van der Waals surface area contributed by atoms with Crippen molar-refractivity contribution >= 4 is 29.0 Å². The maximum Gasteiger partial charge on any atom is 0.293 e. The molecule has 2 aromatic rings. The molecule has 28 heavy (non-hydrogen) atoms. The van der Waals surface area contributed by atoms with Gasteiger partial charge in [0.15, 0.2) is 0 Å². The van der Waals surface area contributed by atoms with Crippen LogP contribution in [0.25, 0.3) is 6.08 Å². The smallest absolute Gasteiger partial charge is 0.293 e. The Kier molecular flexibility index (Phi) is 6.41. The normalized spacial score (nSPS) is 15.6. The summed E-state index contributed by atoms with van der Waals surface area (Å²) < 4.78 is 11.5. The van der Waals surface area contributed by atoms with Gasteiger partial charge < -0.3 is 9.47 Å². The molecule has 0 unspecified atom stereocenters. The Balaban J connectivity index is 1.67. The summed E-state index contributed by atoms with van der Waals surface area (Å²) in [5.41, 5.74) is 1.87. The highest BCUT2D eigenvalue weighted by atomic mass is 32.2. The zero-order valence-electron chi connectivity index (χ0n) is 16.2. The number of nitrogens with zero attached hydrogens (tertiary/aromatic N) is 1. The Morgan fingerprint density at radius 3 is 2.64 bits per heavy atom. The van der Waals surface area contributed by atoms with E-state index in [2.05, 4.69) is 0 Å². The number of imide groups is 1. The Morgan fingerprint density at radius 1 is 1.11 bits per heavy atom. The van der Waals surface area contributed by atoms with Crippen molar-refractivity contribution in [2.75, 3.05) is 13.2 Å². The van der Waals surface area contributed by atoms with Gasteiger partial charge in [-0.15, -0.1) is 0 Å². The molecule has 0 N–H and O–H groups in total. The number of hydrogen-bond acceptors (Lipinski definition) is 5. The van der Waals surface area contributed by atoms with Gasteiger partial charge in [-0.05, 0) is 62.4 Å². The van der Waals surface area contributed by atoms with Gasteiger partial charge in [-0.2, -0.15) is 0 Å². The second kappa shape index (κ2) is 8.97. The highest BCUT2D eigenvalue weighted by molar-refractivity contribution is 8.18. The Hall–Kier alpha value is -2.73. The lowest BCUT2D eigenvalue weighted by Crippen LogP contribution is -2.32. The summed E-state index contributed by atoms with van der Waals surface area (Å²) in [6.45, 7) is 6.33. The van der Waals surface area contributed by atoms with Crippen LogP contribution in [0.3, 0.4) is 0 Å². The largest absolute Gasteiger partial charge is 0.492 e. The van der Waals surface area contributed by atoms with E-state index in [0.29, 0.717) is 10.7 Å². The summed E-state index contributed by atoms with van der Waals surface area (Å²) in [5.74, 6) is 1.11. The van der Waals surface area contributed by atoms with Crippen molar-refractivity contribution in [1.29, 1.82) is 0 Å². The topological polar surface area (TPSA) is 55.8 Å². The molecule has 6 heteroatoms. The van der Waals surface area contributed by atoms with Gasteiger partial charge in [-0.25, -0.2) is 0 Å². The number of ether oxygens (including phenoxy) is 2. The van der Waals surface area contributed by atoms with E-state index in [1.54, 1.807) is 6.08 Å². The van der Waals surface area contributed by atoms with Gasteiger partial charge in [-0.3, -0.25) is 14.5 Å². The third-order valence-electron chi connectivity index (χ3n) is 4.02. The van der Waals surface area contributed by atoms with Crippen LogP contribution in [0.4, 0.5) is 4.79 Å². The third kappa shape index (κ3) is 4.95. The molecule has 5 nitrogen and oxygen atoms in total. The summed E-state index contributed by atoms with van der Waals surface area (Å²) in [7, 11) is 0. The number of benzene rings is 2. The molecule has 1 aliphatic rings. The predicted molar refractivity (Wildman–Crippen MR) is 112 cm³/mol. The SMILES string of the molecule is Cc1cccc(OCCN2C(=O)S/C(=C\c3ccccc3OC(C)C)C2=O)c1. The van der Waals surface area contributed by atoms with Crippen LogP contribution < -0.4 is 9.47 Å². The number of hydrogen-bond donors (Lipinski definition) is 0. The number of carbonyl (C=O) groups excluding carboxylic acids is 2. The van der Waals surface area contributed by atoms with E-state index in [9.17, 15) is 9.59 Å². The molecular weight excluding hydrogens is 374 g/mol. The lowest BCUT2D eigenvalue weighted by molar-refractivity contribution is -0.123. The van der Waals surface area contributed by atoms with E-state index in [4.69, 9.17) is 9.47 Å². The number of aryl methyl sites for hydroxylation is 1. The van der Waals surface area contributed by atoms with Crippen LogP contribution in [0.15, 0.2) is 53.4 Å². The standard InChI is InChI=1S/C22H23NO4S/c1-15(2)27-19-10-5-4-8-17(19)14-20-21(24)23(22(25)28-20)11-12-26-18-9-6-7-16(3)13-18/h4-10,13-15H,11-12H2,1-3H3/b20-14-. The fraction of sp³-hybridized carbons (Fsp3) is 0.273. The van der Waals surface area contributed by atoms with Crippen molar-refractivity contribution in [3.63, 3.8) is 0 Å². The summed E-state index contributed by atoms with van der Waals surface area (Å²) >= 11 is 0.940. The Bertz CT molecular complexity index is 907. The van der Waals surface area contributed by atoms with Crippen molar-refractivity contribution < 1.29 is 19.1 Å². The van der Waals surface area contributed by atoms with Crippen LogP contribution in [-0.2, 0) is 4.79 Å². The number of carbonyl (C=O) groups is 2. The lowest BCUT2D eigenvalue weighted by Gasteiger charge is -2.14. The van der Waals surface area contributed by atoms with Crippen molar-refractivity contribution in [3.8, 4) is 11.5 Å². The van der Waals surface area contributed by atoms with Gasteiger partial charge in [0.25, 0.3) is 11.1 Å². The molecule has 2 amide bonds. The molecule has 2 aromatic carbocycles. The average Bonchev–Trinajstić information content (AvgIpc) is 2.90. The van der Waals surface area contributed by atoms with Gasteiger partial charge in [0.05, 0.1) is 17.6 Å². The maximum atomic E-state index is 12.7. The van der Waals surface area contributed by atoms with Gasteiger partial charge in [0.1, 0.15) is 18.1 Å². The third-order valence-corrected chi connectivity index (χ3v) is 4.92. The number of thioether (sulfide) groups is 1. The molecule has 0 atom stereocenters. The lowest BCUT2D eigenvalue weighted by atomic mass is 10.2. The minimum Gasteiger partial charge on any atom is -0.492 e. The molecule has 1 aliphatic heterocycles. The molecule has 0 radical (unpaired) electrons. The molecule has 0 spiro atoms. The predicted octanol–water partition coefficient (Wildman–Crippen LogP) is 4.90. The minimum atomic E-state index is -0.304. The van der Waals surface area contributed by atoms with Gasteiger partial charge in [-0.1, -0.05) is 30.3 Å². The quantitative estimate of drug-likeness (QED) is 0.622. The van der Waals surface area contributed by atoms with Gasteiger partial charge in [0, 0.05) is 5.56 Å². The summed E-state index contributed by atoms with van der Waals surface area (Å²) in [4.78, 5) is 26.6. The summed E-state index contributed by atoms with van der Waals surface area (Å²) in [6, 6.07) is 15.1. The van der Waals surface area contributed by atoms with Crippen molar-refractivity contribution in [2.45, 2.75) is 26.9 Å². The molecule has 0 bridgehead atoms.